The predicted octanol–water partition coefficient (Wildman–Crippen LogP) is 2.97. The molecule has 0 spiro atoms. The zero-order valence-corrected chi connectivity index (χ0v) is 11.5. The van der Waals surface area contributed by atoms with Crippen LogP contribution in [-0.4, -0.2) is 16.5 Å². The summed E-state index contributed by atoms with van der Waals surface area (Å²) in [4.78, 5) is 9.53. The van der Waals surface area contributed by atoms with Crippen molar-refractivity contribution in [3.8, 4) is 11.4 Å². The second kappa shape index (κ2) is 4.78. The van der Waals surface area contributed by atoms with Crippen LogP contribution in [0, 0.1) is 0 Å². The van der Waals surface area contributed by atoms with E-state index in [4.69, 9.17) is 9.97 Å². The van der Waals surface area contributed by atoms with Gasteiger partial charge in [-0.1, -0.05) is 13.8 Å². The number of hydrogen-bond acceptors (Lipinski definition) is 4. The Kier molecular flexibility index (Phi) is 3.14. The summed E-state index contributed by atoms with van der Waals surface area (Å²) < 4.78 is 0. The molecule has 4 heteroatoms. The Bertz CT molecular complexity index is 546. The lowest BCUT2D eigenvalue weighted by atomic mass is 9.97. The number of nitrogens with zero attached hydrogens (tertiary/aromatic N) is 2. The van der Waals surface area contributed by atoms with Crippen molar-refractivity contribution >= 4 is 11.3 Å². The van der Waals surface area contributed by atoms with Gasteiger partial charge in [-0.25, -0.2) is 9.97 Å². The van der Waals surface area contributed by atoms with Gasteiger partial charge in [0.25, 0.3) is 0 Å². The number of nitrogens with one attached hydrogen (secondary N) is 1. The van der Waals surface area contributed by atoms with Gasteiger partial charge in [0.15, 0.2) is 5.82 Å². The Morgan fingerprint density at radius 3 is 2.94 bits per heavy atom. The average molecular weight is 259 g/mol. The first-order valence-corrected chi connectivity index (χ1v) is 7.33. The minimum Gasteiger partial charge on any atom is -0.311 e. The summed E-state index contributed by atoms with van der Waals surface area (Å²) >= 11 is 1.69. The van der Waals surface area contributed by atoms with Crippen molar-refractivity contribution in [3.05, 3.63) is 33.8 Å². The minimum atomic E-state index is 0.456. The first kappa shape index (κ1) is 11.8. The van der Waals surface area contributed by atoms with E-state index >= 15 is 0 Å². The largest absolute Gasteiger partial charge is 0.311 e. The third-order valence-corrected chi connectivity index (χ3v) is 3.98. The minimum absolute atomic E-state index is 0.456. The molecule has 3 heterocycles. The van der Waals surface area contributed by atoms with E-state index in [1.165, 1.54) is 17.0 Å². The SMILES string of the molecule is CC(C)c1nc(-c2ccsc2)nc2c1CCNC2. The molecule has 0 saturated heterocycles. The molecule has 0 amide bonds. The van der Waals surface area contributed by atoms with E-state index in [9.17, 15) is 0 Å². The number of aromatic nitrogens is 2. The van der Waals surface area contributed by atoms with Crippen LogP contribution in [0.25, 0.3) is 11.4 Å². The zero-order valence-electron chi connectivity index (χ0n) is 10.7. The fourth-order valence-electron chi connectivity index (χ4n) is 2.39. The summed E-state index contributed by atoms with van der Waals surface area (Å²) in [5.74, 6) is 1.33. The van der Waals surface area contributed by atoms with E-state index in [0.29, 0.717) is 5.92 Å². The Hall–Kier alpha value is -1.26. The smallest absolute Gasteiger partial charge is 0.160 e. The van der Waals surface area contributed by atoms with Crippen LogP contribution in [0.1, 0.15) is 36.7 Å². The lowest BCUT2D eigenvalue weighted by Gasteiger charge is -2.21. The fraction of sp³-hybridized carbons (Fsp3) is 0.429. The molecule has 1 aliphatic rings. The molecule has 2 aromatic heterocycles. The van der Waals surface area contributed by atoms with Gasteiger partial charge in [-0.05, 0) is 35.9 Å². The predicted molar refractivity (Wildman–Crippen MR) is 74.8 cm³/mol. The molecule has 3 rings (SSSR count). The molecule has 1 N–H and O–H groups in total. The van der Waals surface area contributed by atoms with E-state index in [1.54, 1.807) is 11.3 Å². The summed E-state index contributed by atoms with van der Waals surface area (Å²) in [5, 5.41) is 7.58. The number of rotatable bonds is 2. The van der Waals surface area contributed by atoms with Gasteiger partial charge >= 0.3 is 0 Å². The monoisotopic (exact) mass is 259 g/mol. The summed E-state index contributed by atoms with van der Waals surface area (Å²) in [5.41, 5.74) is 4.90. The molecule has 0 aromatic carbocycles. The van der Waals surface area contributed by atoms with Gasteiger partial charge in [-0.3, -0.25) is 0 Å². The van der Waals surface area contributed by atoms with E-state index in [2.05, 4.69) is 36.0 Å². The van der Waals surface area contributed by atoms with Gasteiger partial charge < -0.3 is 5.32 Å². The Labute approximate surface area is 111 Å². The van der Waals surface area contributed by atoms with Crippen LogP contribution < -0.4 is 5.32 Å². The molecule has 0 atom stereocenters. The normalized spacial score (nSPS) is 14.8. The standard InChI is InChI=1S/C14H17N3S/c1-9(2)13-11-3-5-15-7-12(11)16-14(17-13)10-4-6-18-8-10/h4,6,8-9,15H,3,5,7H2,1-2H3. The van der Waals surface area contributed by atoms with E-state index < -0.39 is 0 Å². The van der Waals surface area contributed by atoms with Crippen LogP contribution in [0.15, 0.2) is 16.8 Å². The molecular weight excluding hydrogens is 242 g/mol. The van der Waals surface area contributed by atoms with Gasteiger partial charge in [-0.2, -0.15) is 11.3 Å². The maximum atomic E-state index is 4.80. The first-order valence-electron chi connectivity index (χ1n) is 6.38. The Morgan fingerprint density at radius 2 is 2.22 bits per heavy atom. The lowest BCUT2D eigenvalue weighted by Crippen LogP contribution is -2.27. The van der Waals surface area contributed by atoms with Crippen LogP contribution in [0.4, 0.5) is 0 Å². The van der Waals surface area contributed by atoms with Crippen molar-refractivity contribution in [2.45, 2.75) is 32.7 Å². The molecular formula is C14H17N3S. The Balaban J connectivity index is 2.15. The van der Waals surface area contributed by atoms with Gasteiger partial charge in [0.1, 0.15) is 0 Å². The van der Waals surface area contributed by atoms with E-state index in [-0.39, 0.29) is 0 Å². The molecule has 0 saturated carbocycles. The van der Waals surface area contributed by atoms with Crippen molar-refractivity contribution in [2.75, 3.05) is 6.54 Å². The summed E-state index contributed by atoms with van der Waals surface area (Å²) in [6.45, 7) is 6.33. The zero-order chi connectivity index (χ0) is 12.5. The van der Waals surface area contributed by atoms with E-state index in [1.807, 2.05) is 0 Å². The molecule has 0 radical (unpaired) electrons. The highest BCUT2D eigenvalue weighted by Crippen LogP contribution is 2.27. The van der Waals surface area contributed by atoms with Crippen LogP contribution >= 0.6 is 11.3 Å². The summed E-state index contributed by atoms with van der Waals surface area (Å²) in [6, 6.07) is 2.09. The van der Waals surface area contributed by atoms with Crippen molar-refractivity contribution in [1.82, 2.24) is 15.3 Å². The quantitative estimate of drug-likeness (QED) is 0.901. The fourth-order valence-corrected chi connectivity index (χ4v) is 3.02. The maximum absolute atomic E-state index is 4.80. The highest BCUT2D eigenvalue weighted by atomic mass is 32.1. The van der Waals surface area contributed by atoms with Crippen LogP contribution in [0.3, 0.4) is 0 Å². The second-order valence-corrected chi connectivity index (χ2v) is 5.73. The van der Waals surface area contributed by atoms with Gasteiger partial charge in [0.2, 0.25) is 0 Å². The number of hydrogen-bond donors (Lipinski definition) is 1. The van der Waals surface area contributed by atoms with Gasteiger partial charge in [0, 0.05) is 17.5 Å². The summed E-state index contributed by atoms with van der Waals surface area (Å²) in [7, 11) is 0. The third kappa shape index (κ3) is 2.06. The van der Waals surface area contributed by atoms with Crippen molar-refractivity contribution < 1.29 is 0 Å². The number of thiophene rings is 1. The number of fused-ring (bicyclic) bond motifs is 1. The van der Waals surface area contributed by atoms with Crippen LogP contribution in [0.5, 0.6) is 0 Å². The van der Waals surface area contributed by atoms with Gasteiger partial charge in [-0.15, -0.1) is 0 Å². The van der Waals surface area contributed by atoms with Crippen LogP contribution in [-0.2, 0) is 13.0 Å². The highest BCUT2D eigenvalue weighted by Gasteiger charge is 2.19. The molecule has 0 aliphatic carbocycles. The third-order valence-electron chi connectivity index (χ3n) is 3.30. The molecule has 18 heavy (non-hydrogen) atoms. The van der Waals surface area contributed by atoms with Crippen molar-refractivity contribution in [2.24, 2.45) is 0 Å². The maximum Gasteiger partial charge on any atom is 0.160 e. The lowest BCUT2D eigenvalue weighted by molar-refractivity contribution is 0.609. The van der Waals surface area contributed by atoms with E-state index in [0.717, 1.165) is 30.9 Å². The molecule has 0 fully saturated rings. The summed E-state index contributed by atoms with van der Waals surface area (Å²) in [6.07, 6.45) is 1.05. The first-order chi connectivity index (χ1) is 8.75. The molecule has 2 aromatic rings. The molecule has 94 valence electrons. The van der Waals surface area contributed by atoms with Crippen LogP contribution in [0.2, 0.25) is 0 Å². The topological polar surface area (TPSA) is 37.8 Å². The Morgan fingerprint density at radius 1 is 1.33 bits per heavy atom. The van der Waals surface area contributed by atoms with Crippen molar-refractivity contribution in [3.63, 3.8) is 0 Å². The molecule has 0 bridgehead atoms. The average Bonchev–Trinajstić information content (AvgIpc) is 2.91. The molecule has 3 nitrogen and oxygen atoms in total. The van der Waals surface area contributed by atoms with Gasteiger partial charge in [0.05, 0.1) is 11.4 Å². The highest BCUT2D eigenvalue weighted by molar-refractivity contribution is 7.08. The molecule has 0 unspecified atom stereocenters. The second-order valence-electron chi connectivity index (χ2n) is 4.95. The van der Waals surface area contributed by atoms with Crippen molar-refractivity contribution in [1.29, 1.82) is 0 Å². The molecule has 1 aliphatic heterocycles.